The van der Waals surface area contributed by atoms with Crippen molar-refractivity contribution in [3.8, 4) is 22.8 Å². The number of aryl methyl sites for hydroxylation is 1. The number of amides is 2. The number of rotatable bonds is 10. The van der Waals surface area contributed by atoms with Gasteiger partial charge in [-0.3, -0.25) is 0 Å². The highest BCUT2D eigenvalue weighted by atomic mass is 32.2. The molecule has 1 fully saturated rings. The maximum atomic E-state index is 13.9. The Labute approximate surface area is 268 Å². The number of hydrogen-bond donors (Lipinski definition) is 1. The van der Waals surface area contributed by atoms with Crippen molar-refractivity contribution in [3.05, 3.63) is 90.0 Å². The zero-order chi connectivity index (χ0) is 32.8. The Kier molecular flexibility index (Phi) is 10.3. The molecule has 1 aliphatic rings. The van der Waals surface area contributed by atoms with Crippen LogP contribution < -0.4 is 15.0 Å². The number of anilines is 1. The molecule has 46 heavy (non-hydrogen) atoms. The van der Waals surface area contributed by atoms with Crippen molar-refractivity contribution in [2.24, 2.45) is 4.99 Å². The average molecular weight is 655 g/mol. The molecular weight excluding hydrogens is 620 g/mol. The number of urea groups is 1. The summed E-state index contributed by atoms with van der Waals surface area (Å²) < 4.78 is 56.5. The molecule has 0 spiro atoms. The molecule has 2 heterocycles. The van der Waals surface area contributed by atoms with Gasteiger partial charge in [0.1, 0.15) is 17.9 Å². The van der Waals surface area contributed by atoms with Crippen LogP contribution in [0, 0.1) is 5.82 Å². The van der Waals surface area contributed by atoms with Crippen molar-refractivity contribution < 1.29 is 27.1 Å². The molecular formula is C33H34F4N6O2S. The molecule has 4 aromatic rings. The van der Waals surface area contributed by atoms with Crippen molar-refractivity contribution in [2.75, 3.05) is 17.2 Å². The highest BCUT2D eigenvalue weighted by molar-refractivity contribution is 8.14. The number of amidine groups is 1. The molecule has 0 aliphatic carbocycles. The lowest BCUT2D eigenvalue weighted by atomic mass is 10.0. The second-order valence-corrected chi connectivity index (χ2v) is 12.3. The van der Waals surface area contributed by atoms with Crippen LogP contribution in [0.1, 0.15) is 50.7 Å². The molecule has 5 rings (SSSR count). The number of aromatic nitrogens is 3. The lowest BCUT2D eigenvalue weighted by Gasteiger charge is -2.23. The summed E-state index contributed by atoms with van der Waals surface area (Å²) in [5.41, 5.74) is 4.24. The Morgan fingerprint density at radius 3 is 2.50 bits per heavy atom. The molecule has 242 valence electrons. The number of nitrogens with one attached hydrogen (secondary N) is 1. The first kappa shape index (κ1) is 33.0. The summed E-state index contributed by atoms with van der Waals surface area (Å²) in [4.78, 5) is 23.4. The number of carbonyl (C=O) groups is 1. The van der Waals surface area contributed by atoms with E-state index in [1.807, 2.05) is 49.9 Å². The molecule has 2 amide bonds. The van der Waals surface area contributed by atoms with E-state index in [9.17, 15) is 22.4 Å². The van der Waals surface area contributed by atoms with E-state index >= 15 is 0 Å². The summed E-state index contributed by atoms with van der Waals surface area (Å²) in [6.07, 6.45) is -0.815. The molecule has 1 N–H and O–H groups in total. The molecule has 1 aliphatic heterocycles. The number of nitrogens with zero attached hydrogens (tertiary/aromatic N) is 5. The van der Waals surface area contributed by atoms with E-state index in [-0.39, 0.29) is 23.5 Å². The highest BCUT2D eigenvalue weighted by Crippen LogP contribution is 2.33. The monoisotopic (exact) mass is 654 g/mol. The smallest absolute Gasteiger partial charge is 0.406 e. The normalized spacial score (nSPS) is 15.0. The number of aliphatic imine (C=N–C) groups is 1. The summed E-state index contributed by atoms with van der Waals surface area (Å²) in [6.45, 7) is 6.69. The van der Waals surface area contributed by atoms with Crippen LogP contribution in [0.4, 0.5) is 28.0 Å². The fourth-order valence-corrected chi connectivity index (χ4v) is 6.06. The van der Waals surface area contributed by atoms with Gasteiger partial charge in [0.15, 0.2) is 11.0 Å². The lowest BCUT2D eigenvalue weighted by Crippen LogP contribution is -2.33. The predicted molar refractivity (Wildman–Crippen MR) is 172 cm³/mol. The van der Waals surface area contributed by atoms with E-state index in [2.05, 4.69) is 25.1 Å². The van der Waals surface area contributed by atoms with Gasteiger partial charge in [0, 0.05) is 29.6 Å². The van der Waals surface area contributed by atoms with Crippen molar-refractivity contribution in [1.82, 2.24) is 20.1 Å². The minimum Gasteiger partial charge on any atom is -0.406 e. The number of alkyl halides is 3. The minimum atomic E-state index is -4.75. The Hall–Kier alpha value is -4.39. The summed E-state index contributed by atoms with van der Waals surface area (Å²) in [6, 6.07) is 17.5. The minimum absolute atomic E-state index is 0.0738. The average Bonchev–Trinajstić information content (AvgIpc) is 3.67. The molecule has 13 heteroatoms. The Morgan fingerprint density at radius 2 is 1.80 bits per heavy atom. The van der Waals surface area contributed by atoms with Crippen LogP contribution in [0.3, 0.4) is 0 Å². The number of halogens is 4. The topological polar surface area (TPSA) is 84.6 Å². The molecule has 0 bridgehead atoms. The van der Waals surface area contributed by atoms with Gasteiger partial charge in [0.25, 0.3) is 0 Å². The zero-order valence-corrected chi connectivity index (χ0v) is 26.4. The summed E-state index contributed by atoms with van der Waals surface area (Å²) >= 11 is 1.51. The SMILES string of the molecule is CC(CCCc1ccc(-c2ncn(-c3ccc(OC(F)(F)F)cc3)n2)cc1)NC(=O)/N=C1\SCCN1c1ccc(F)cc1C(C)C. The summed E-state index contributed by atoms with van der Waals surface area (Å²) in [5.74, 6) is 0.820. The standard InChI is InChI=1S/C33H34F4N6O2S/c1-21(2)28-19-25(34)11-16-29(28)42-17-18-46-32(42)40-31(44)39-22(3)5-4-6-23-7-9-24(10-8-23)30-38-20-43(41-30)26-12-14-27(15-13-26)45-33(35,36)37/h7-16,19-22H,4-6,17-18H2,1-3H3,(H,39,44)/b40-32-. The van der Waals surface area contributed by atoms with Gasteiger partial charge in [-0.05, 0) is 85.7 Å². The van der Waals surface area contributed by atoms with Crippen molar-refractivity contribution in [3.63, 3.8) is 0 Å². The Bertz CT molecular complexity index is 1670. The van der Waals surface area contributed by atoms with Crippen LogP contribution in [0.25, 0.3) is 17.1 Å². The number of thioether (sulfide) groups is 1. The first-order valence-electron chi connectivity index (χ1n) is 14.9. The van der Waals surface area contributed by atoms with Crippen LogP contribution in [0.15, 0.2) is 78.0 Å². The molecule has 1 atom stereocenters. The van der Waals surface area contributed by atoms with Gasteiger partial charge >= 0.3 is 12.4 Å². The molecule has 0 saturated carbocycles. The molecule has 1 aromatic heterocycles. The van der Waals surface area contributed by atoms with Crippen LogP contribution in [-0.2, 0) is 6.42 Å². The maximum Gasteiger partial charge on any atom is 0.573 e. The second kappa shape index (κ2) is 14.4. The van der Waals surface area contributed by atoms with E-state index in [0.717, 1.165) is 47.4 Å². The van der Waals surface area contributed by atoms with Gasteiger partial charge in [0.2, 0.25) is 0 Å². The maximum absolute atomic E-state index is 13.9. The zero-order valence-electron chi connectivity index (χ0n) is 25.6. The number of ether oxygens (including phenoxy) is 1. The van der Waals surface area contributed by atoms with Crippen molar-refractivity contribution in [2.45, 2.75) is 58.4 Å². The highest BCUT2D eigenvalue weighted by Gasteiger charge is 2.31. The third kappa shape index (κ3) is 8.65. The first-order chi connectivity index (χ1) is 21.9. The van der Waals surface area contributed by atoms with E-state index in [4.69, 9.17) is 0 Å². The molecule has 1 saturated heterocycles. The van der Waals surface area contributed by atoms with Crippen molar-refractivity contribution in [1.29, 1.82) is 0 Å². The lowest BCUT2D eigenvalue weighted by molar-refractivity contribution is -0.274. The van der Waals surface area contributed by atoms with Gasteiger partial charge in [-0.1, -0.05) is 49.9 Å². The number of carbonyl (C=O) groups excluding carboxylic acids is 1. The summed E-state index contributed by atoms with van der Waals surface area (Å²) in [5, 5.41) is 8.03. The number of hydrogen-bond acceptors (Lipinski definition) is 5. The summed E-state index contributed by atoms with van der Waals surface area (Å²) in [7, 11) is 0. The van der Waals surface area contributed by atoms with E-state index < -0.39 is 12.4 Å². The quantitative estimate of drug-likeness (QED) is 0.174. The van der Waals surface area contributed by atoms with Gasteiger partial charge < -0.3 is 15.0 Å². The molecule has 8 nitrogen and oxygen atoms in total. The molecule has 3 aromatic carbocycles. The van der Waals surface area contributed by atoms with E-state index in [1.54, 1.807) is 12.1 Å². The van der Waals surface area contributed by atoms with Gasteiger partial charge in [0.05, 0.1) is 5.69 Å². The molecule has 0 radical (unpaired) electrons. The predicted octanol–water partition coefficient (Wildman–Crippen LogP) is 8.13. The van der Waals surface area contributed by atoms with Crippen LogP contribution in [0.2, 0.25) is 0 Å². The Balaban J connectivity index is 1.10. The third-order valence-electron chi connectivity index (χ3n) is 7.39. The largest absolute Gasteiger partial charge is 0.573 e. The molecule has 1 unspecified atom stereocenters. The Morgan fingerprint density at radius 1 is 1.07 bits per heavy atom. The van der Waals surface area contributed by atoms with E-state index in [0.29, 0.717) is 23.2 Å². The van der Waals surface area contributed by atoms with Crippen molar-refractivity contribution >= 4 is 28.6 Å². The second-order valence-electron chi connectivity index (χ2n) is 11.2. The fraction of sp³-hybridized carbons (Fsp3) is 0.333. The van der Waals surface area contributed by atoms with Gasteiger partial charge in [-0.25, -0.2) is 18.9 Å². The van der Waals surface area contributed by atoms with E-state index in [1.165, 1.54) is 53.1 Å². The number of benzene rings is 3. The fourth-order valence-electron chi connectivity index (χ4n) is 5.11. The van der Waals surface area contributed by atoms with Gasteiger partial charge in [-0.15, -0.1) is 18.3 Å². The van der Waals surface area contributed by atoms with Crippen LogP contribution in [0.5, 0.6) is 5.75 Å². The van der Waals surface area contributed by atoms with Gasteiger partial charge in [-0.2, -0.15) is 4.99 Å². The first-order valence-corrected chi connectivity index (χ1v) is 15.9. The van der Waals surface area contributed by atoms with Crippen LogP contribution in [-0.4, -0.2) is 50.7 Å². The van der Waals surface area contributed by atoms with Crippen LogP contribution >= 0.6 is 11.8 Å². The third-order valence-corrected chi connectivity index (χ3v) is 8.34.